The van der Waals surface area contributed by atoms with E-state index in [0.717, 1.165) is 56.4 Å². The maximum atomic E-state index is 12.0. The van der Waals surface area contributed by atoms with Crippen molar-refractivity contribution in [1.82, 2.24) is 15.3 Å². The number of halogens is 1. The first-order chi connectivity index (χ1) is 20.2. The summed E-state index contributed by atoms with van der Waals surface area (Å²) in [6.07, 6.45) is 18.1. The molecule has 0 bridgehead atoms. The van der Waals surface area contributed by atoms with E-state index in [1.54, 1.807) is 17.2 Å². The maximum absolute atomic E-state index is 12.0. The molecule has 3 aliphatic rings. The van der Waals surface area contributed by atoms with Crippen molar-refractivity contribution in [2.24, 2.45) is 28.7 Å². The summed E-state index contributed by atoms with van der Waals surface area (Å²) in [5, 5.41) is 11.6. The van der Waals surface area contributed by atoms with Crippen LogP contribution in [0.25, 0.3) is 0 Å². The fourth-order valence-corrected chi connectivity index (χ4v) is 6.38. The molecule has 2 saturated carbocycles. The van der Waals surface area contributed by atoms with Gasteiger partial charge in [0.25, 0.3) is 0 Å². The molecule has 0 aromatic heterocycles. The Labute approximate surface area is 268 Å². The van der Waals surface area contributed by atoms with Crippen LogP contribution < -0.4 is 16.9 Å². The number of carboxylic acids is 1. The third-order valence-corrected chi connectivity index (χ3v) is 9.26. The predicted molar refractivity (Wildman–Crippen MR) is 179 cm³/mol. The molecule has 6 N–H and O–H groups in total. The van der Waals surface area contributed by atoms with Gasteiger partial charge in [0.2, 0.25) is 0 Å². The standard InChI is InChI=1S/C24H36ClN5O2S.C9H16O/c1-24(2,3)15-14-18-10-11-19(22(33-18)23(31)32)29(4)17-8-6-16(7-9-17)28-30(5)21(27)13-12-20(25)26;1-8-3-2-4-9(7-10)6-5-8/h10-13,16-18,28H,6-9,26-27H2,1-5H3,(H,31,32);7-9H,2-6H2,1H3/b20-12-,21-13+;. The summed E-state index contributed by atoms with van der Waals surface area (Å²) in [6.45, 7) is 8.42. The van der Waals surface area contributed by atoms with Crippen LogP contribution in [0.1, 0.15) is 85.5 Å². The van der Waals surface area contributed by atoms with E-state index in [2.05, 4.69) is 29.1 Å². The van der Waals surface area contributed by atoms with E-state index in [1.165, 1.54) is 31.0 Å². The Kier molecular flexibility index (Phi) is 15.1. The fraction of sp³-hybridized carbons (Fsp3) is 0.636. The van der Waals surface area contributed by atoms with E-state index in [-0.39, 0.29) is 27.9 Å². The topological polar surface area (TPSA) is 125 Å². The van der Waals surface area contributed by atoms with Gasteiger partial charge >= 0.3 is 5.97 Å². The zero-order valence-corrected chi connectivity index (χ0v) is 28.3. The Morgan fingerprint density at radius 2 is 1.77 bits per heavy atom. The van der Waals surface area contributed by atoms with Gasteiger partial charge in [-0.1, -0.05) is 67.5 Å². The van der Waals surface area contributed by atoms with Crippen LogP contribution >= 0.6 is 23.4 Å². The SMILES string of the molecule is CC1CCCC(C=O)CC1.CN(NC1CCC(N(C)C2=C(C(=O)O)SC(C#CC(C)(C)C)C=C2)CC1)/C(N)=C/C=C(\N)Cl. The number of hydrogen-bond acceptors (Lipinski definition) is 8. The van der Waals surface area contributed by atoms with E-state index >= 15 is 0 Å². The molecular weight excluding hydrogens is 582 g/mol. The third-order valence-electron chi connectivity index (χ3n) is 7.99. The Morgan fingerprint density at radius 1 is 1.09 bits per heavy atom. The van der Waals surface area contributed by atoms with Gasteiger partial charge in [0.05, 0.1) is 16.1 Å². The van der Waals surface area contributed by atoms with Crippen molar-refractivity contribution >= 4 is 35.6 Å². The highest BCUT2D eigenvalue weighted by Crippen LogP contribution is 2.35. The summed E-state index contributed by atoms with van der Waals surface area (Å²) in [5.41, 5.74) is 15.5. The summed E-state index contributed by atoms with van der Waals surface area (Å²) in [6, 6.07) is 0.553. The number of allylic oxidation sites excluding steroid dienone is 3. The van der Waals surface area contributed by atoms with Crippen LogP contribution in [0.2, 0.25) is 0 Å². The molecule has 0 aromatic carbocycles. The van der Waals surface area contributed by atoms with Crippen LogP contribution in [0.15, 0.2) is 45.9 Å². The first-order valence-electron chi connectivity index (χ1n) is 15.3. The van der Waals surface area contributed by atoms with E-state index in [4.69, 9.17) is 23.1 Å². The summed E-state index contributed by atoms with van der Waals surface area (Å²) in [7, 11) is 3.84. The summed E-state index contributed by atoms with van der Waals surface area (Å²) in [5.74, 6) is 7.25. The number of rotatable bonds is 8. The van der Waals surface area contributed by atoms with Gasteiger partial charge in [0.15, 0.2) is 0 Å². The zero-order chi connectivity index (χ0) is 32.2. The van der Waals surface area contributed by atoms with E-state index in [1.807, 2.05) is 47.0 Å². The minimum Gasteiger partial charge on any atom is -0.477 e. The van der Waals surface area contributed by atoms with Crippen molar-refractivity contribution in [1.29, 1.82) is 0 Å². The molecule has 1 heterocycles. The van der Waals surface area contributed by atoms with Crippen LogP contribution in [0.4, 0.5) is 0 Å². The molecule has 0 aromatic rings. The largest absolute Gasteiger partial charge is 0.477 e. The van der Waals surface area contributed by atoms with E-state index in [9.17, 15) is 14.7 Å². The average Bonchev–Trinajstić information content (AvgIpc) is 3.18. The predicted octanol–water partition coefficient (Wildman–Crippen LogP) is 5.92. The molecule has 0 radical (unpaired) electrons. The lowest BCUT2D eigenvalue weighted by Crippen LogP contribution is -2.47. The highest BCUT2D eigenvalue weighted by atomic mass is 35.5. The van der Waals surface area contributed by atoms with Crippen molar-refractivity contribution in [3.05, 3.63) is 45.9 Å². The second-order valence-electron chi connectivity index (χ2n) is 12.9. The summed E-state index contributed by atoms with van der Waals surface area (Å²) >= 11 is 6.96. The van der Waals surface area contributed by atoms with Gasteiger partial charge in [0.1, 0.15) is 17.0 Å². The number of aldehydes is 1. The Bertz CT molecular complexity index is 1120. The summed E-state index contributed by atoms with van der Waals surface area (Å²) in [4.78, 5) is 24.9. The van der Waals surface area contributed by atoms with Crippen molar-refractivity contribution in [2.75, 3.05) is 14.1 Å². The molecule has 0 spiro atoms. The number of nitrogens with one attached hydrogen (secondary N) is 1. The Hall–Kier alpha value is -2.54. The van der Waals surface area contributed by atoms with Crippen LogP contribution in [0.5, 0.6) is 0 Å². The number of nitrogens with zero attached hydrogens (tertiary/aromatic N) is 2. The number of thioether (sulfide) groups is 1. The molecule has 0 amide bonds. The van der Waals surface area contributed by atoms with Crippen LogP contribution in [0, 0.1) is 29.1 Å². The number of carbonyl (C=O) groups excluding carboxylic acids is 1. The molecule has 3 unspecified atom stereocenters. The van der Waals surface area contributed by atoms with E-state index in [0.29, 0.717) is 16.6 Å². The molecule has 240 valence electrons. The molecular formula is C33H52ClN5O3S. The number of carboxylic acid groups (broad SMARTS) is 1. The fourth-order valence-electron chi connectivity index (χ4n) is 5.35. The lowest BCUT2D eigenvalue weighted by atomic mass is 9.90. The minimum absolute atomic E-state index is 0.117. The van der Waals surface area contributed by atoms with Crippen molar-refractivity contribution in [2.45, 2.75) is 103 Å². The molecule has 10 heteroatoms. The smallest absolute Gasteiger partial charge is 0.344 e. The quantitative estimate of drug-likeness (QED) is 0.0643. The van der Waals surface area contributed by atoms with Crippen LogP contribution in [0.3, 0.4) is 0 Å². The van der Waals surface area contributed by atoms with Gasteiger partial charge in [-0.15, -0.1) is 0 Å². The van der Waals surface area contributed by atoms with Gasteiger partial charge in [-0.2, -0.15) is 0 Å². The molecule has 0 saturated heterocycles. The lowest BCUT2D eigenvalue weighted by molar-refractivity contribution is -0.132. The number of likely N-dealkylation sites (N-methyl/N-ethyl adjacent to an activating group) is 1. The molecule has 1 aliphatic heterocycles. The number of carbonyl (C=O) groups is 2. The van der Waals surface area contributed by atoms with Crippen molar-refractivity contribution < 1.29 is 14.7 Å². The number of hydrogen-bond donors (Lipinski definition) is 4. The molecule has 43 heavy (non-hydrogen) atoms. The molecule has 2 fully saturated rings. The Morgan fingerprint density at radius 3 is 2.35 bits per heavy atom. The van der Waals surface area contributed by atoms with Crippen molar-refractivity contribution in [3.63, 3.8) is 0 Å². The second-order valence-corrected chi connectivity index (χ2v) is 14.5. The van der Waals surface area contributed by atoms with Gasteiger partial charge in [-0.3, -0.25) is 5.01 Å². The number of hydrazine groups is 1. The normalized spacial score (nSPS) is 26.7. The maximum Gasteiger partial charge on any atom is 0.344 e. The van der Waals surface area contributed by atoms with Gasteiger partial charge in [0, 0.05) is 37.5 Å². The van der Waals surface area contributed by atoms with Gasteiger partial charge in [-0.05, 0) is 83.4 Å². The molecule has 8 nitrogen and oxygen atoms in total. The van der Waals surface area contributed by atoms with Gasteiger partial charge in [-0.25, -0.2) is 10.2 Å². The van der Waals surface area contributed by atoms with Gasteiger partial charge < -0.3 is 26.3 Å². The highest BCUT2D eigenvalue weighted by molar-refractivity contribution is 8.05. The first-order valence-corrected chi connectivity index (χ1v) is 16.6. The number of nitrogens with two attached hydrogens (primary N) is 2. The molecule has 3 rings (SSSR count). The minimum atomic E-state index is -0.903. The number of aliphatic carboxylic acids is 1. The first kappa shape index (κ1) is 36.7. The zero-order valence-electron chi connectivity index (χ0n) is 26.7. The van der Waals surface area contributed by atoms with Crippen LogP contribution in [-0.4, -0.2) is 58.7 Å². The van der Waals surface area contributed by atoms with Crippen molar-refractivity contribution in [3.8, 4) is 11.8 Å². The molecule has 2 aliphatic carbocycles. The molecule has 3 atom stereocenters. The Balaban J connectivity index is 0.000000543. The van der Waals surface area contributed by atoms with E-state index < -0.39 is 5.97 Å². The summed E-state index contributed by atoms with van der Waals surface area (Å²) < 4.78 is 0. The average molecular weight is 634 g/mol. The second kappa shape index (κ2) is 17.7. The highest BCUT2D eigenvalue weighted by Gasteiger charge is 2.30. The lowest BCUT2D eigenvalue weighted by Gasteiger charge is -2.39. The third kappa shape index (κ3) is 13.3. The van der Waals surface area contributed by atoms with Crippen LogP contribution in [-0.2, 0) is 9.59 Å². The monoisotopic (exact) mass is 633 g/mol.